The number of carboxylic acids is 1. The molecule has 0 spiro atoms. The Labute approximate surface area is 98.4 Å². The van der Waals surface area contributed by atoms with E-state index in [4.69, 9.17) is 14.9 Å². The predicted molar refractivity (Wildman–Crippen MR) is 56.2 cm³/mol. The van der Waals surface area contributed by atoms with Gasteiger partial charge in [-0.25, -0.2) is 0 Å². The first-order valence-electron chi connectivity index (χ1n) is 5.36. The highest BCUT2D eigenvalue weighted by Gasteiger charge is 2.41. The van der Waals surface area contributed by atoms with E-state index in [0.29, 0.717) is 0 Å². The summed E-state index contributed by atoms with van der Waals surface area (Å²) >= 11 is 0. The maximum Gasteiger partial charge on any atom is 0.320 e. The van der Waals surface area contributed by atoms with Crippen molar-refractivity contribution in [2.24, 2.45) is 5.92 Å². The number of hydrogen-bond acceptors (Lipinski definition) is 6. The molecule has 1 saturated heterocycles. The maximum atomic E-state index is 10.8. The fourth-order valence-corrected chi connectivity index (χ4v) is 1.99. The maximum absolute atomic E-state index is 10.8. The van der Waals surface area contributed by atoms with Crippen LogP contribution in [0.5, 0.6) is 0 Å². The van der Waals surface area contributed by atoms with Crippen LogP contribution in [0.25, 0.3) is 0 Å². The minimum Gasteiger partial charge on any atom is -0.480 e. The SMILES string of the molecule is CC(=O)OCC1CC(C(=O)O)NC1C(O)CO. The van der Waals surface area contributed by atoms with E-state index in [2.05, 4.69) is 5.32 Å². The summed E-state index contributed by atoms with van der Waals surface area (Å²) in [5.74, 6) is -1.80. The Morgan fingerprint density at radius 1 is 1.53 bits per heavy atom. The average Bonchev–Trinajstić information content (AvgIpc) is 2.69. The minimum atomic E-state index is -1.07. The van der Waals surface area contributed by atoms with Crippen LogP contribution in [0.1, 0.15) is 13.3 Å². The van der Waals surface area contributed by atoms with Crippen LogP contribution >= 0.6 is 0 Å². The van der Waals surface area contributed by atoms with Gasteiger partial charge in [0.05, 0.1) is 19.3 Å². The lowest BCUT2D eigenvalue weighted by Gasteiger charge is -2.22. The van der Waals surface area contributed by atoms with Gasteiger partial charge in [0.2, 0.25) is 0 Å². The van der Waals surface area contributed by atoms with Gasteiger partial charge in [-0.15, -0.1) is 0 Å². The highest BCUT2D eigenvalue weighted by molar-refractivity contribution is 5.74. The molecule has 4 unspecified atom stereocenters. The molecule has 7 nitrogen and oxygen atoms in total. The molecular formula is C10H17NO6. The molecule has 4 atom stereocenters. The Hall–Kier alpha value is -1.18. The van der Waals surface area contributed by atoms with Crippen molar-refractivity contribution < 1.29 is 29.6 Å². The van der Waals surface area contributed by atoms with E-state index in [1.165, 1.54) is 6.92 Å². The number of carboxylic acid groups (broad SMARTS) is 1. The lowest BCUT2D eigenvalue weighted by molar-refractivity contribution is -0.142. The lowest BCUT2D eigenvalue weighted by Crippen LogP contribution is -2.45. The number of aliphatic carboxylic acids is 1. The van der Waals surface area contributed by atoms with Crippen LogP contribution < -0.4 is 5.32 Å². The molecule has 0 amide bonds. The molecule has 1 aliphatic heterocycles. The third-order valence-electron chi connectivity index (χ3n) is 2.84. The number of esters is 1. The second kappa shape index (κ2) is 5.95. The summed E-state index contributed by atoms with van der Waals surface area (Å²) in [6.45, 7) is 0.822. The van der Waals surface area contributed by atoms with Gasteiger partial charge in [0, 0.05) is 18.9 Å². The number of carbonyl (C=O) groups excluding carboxylic acids is 1. The molecule has 0 aromatic rings. The quantitative estimate of drug-likeness (QED) is 0.429. The number of ether oxygens (including phenoxy) is 1. The molecule has 1 heterocycles. The molecule has 0 bridgehead atoms. The molecule has 17 heavy (non-hydrogen) atoms. The van der Waals surface area contributed by atoms with Crippen LogP contribution in [0.15, 0.2) is 0 Å². The zero-order chi connectivity index (χ0) is 13.0. The molecule has 4 N–H and O–H groups in total. The normalized spacial score (nSPS) is 29.9. The molecule has 1 fully saturated rings. The van der Waals surface area contributed by atoms with Gasteiger partial charge >= 0.3 is 11.9 Å². The van der Waals surface area contributed by atoms with Crippen molar-refractivity contribution in [3.05, 3.63) is 0 Å². The van der Waals surface area contributed by atoms with E-state index < -0.39 is 36.7 Å². The van der Waals surface area contributed by atoms with E-state index in [1.807, 2.05) is 0 Å². The third kappa shape index (κ3) is 3.65. The molecule has 0 saturated carbocycles. The summed E-state index contributed by atoms with van der Waals surface area (Å²) in [4.78, 5) is 21.5. The van der Waals surface area contributed by atoms with Gasteiger partial charge in [-0.2, -0.15) is 0 Å². The van der Waals surface area contributed by atoms with Crippen LogP contribution in [0, 0.1) is 5.92 Å². The Balaban J connectivity index is 2.63. The Morgan fingerprint density at radius 3 is 2.65 bits per heavy atom. The number of carbonyl (C=O) groups is 2. The van der Waals surface area contributed by atoms with E-state index in [-0.39, 0.29) is 18.9 Å². The van der Waals surface area contributed by atoms with E-state index in [0.717, 1.165) is 0 Å². The molecule has 98 valence electrons. The molecule has 7 heteroatoms. The molecule has 0 aliphatic carbocycles. The highest BCUT2D eigenvalue weighted by Crippen LogP contribution is 2.23. The number of hydrogen-bond donors (Lipinski definition) is 4. The summed E-state index contributed by atoms with van der Waals surface area (Å²) in [6, 6.07) is -1.37. The highest BCUT2D eigenvalue weighted by atomic mass is 16.5. The van der Waals surface area contributed by atoms with Crippen LogP contribution in [0.3, 0.4) is 0 Å². The zero-order valence-electron chi connectivity index (χ0n) is 9.50. The first kappa shape index (κ1) is 13.9. The molecule has 1 rings (SSSR count). The van der Waals surface area contributed by atoms with Gasteiger partial charge in [-0.1, -0.05) is 0 Å². The largest absolute Gasteiger partial charge is 0.480 e. The van der Waals surface area contributed by atoms with Gasteiger partial charge in [0.1, 0.15) is 6.04 Å². The summed E-state index contributed by atoms with van der Waals surface area (Å²) in [5.41, 5.74) is 0. The first-order chi connectivity index (χ1) is 7.95. The van der Waals surface area contributed by atoms with Gasteiger partial charge in [-0.05, 0) is 6.42 Å². The van der Waals surface area contributed by atoms with Crippen LogP contribution in [0.2, 0.25) is 0 Å². The fraction of sp³-hybridized carbons (Fsp3) is 0.800. The van der Waals surface area contributed by atoms with E-state index >= 15 is 0 Å². The molecule has 0 aromatic heterocycles. The minimum absolute atomic E-state index is 0.0356. The van der Waals surface area contributed by atoms with E-state index in [1.54, 1.807) is 0 Å². The van der Waals surface area contributed by atoms with Crippen LogP contribution in [0.4, 0.5) is 0 Å². The molecule has 0 radical (unpaired) electrons. The van der Waals surface area contributed by atoms with E-state index in [9.17, 15) is 14.7 Å². The van der Waals surface area contributed by atoms with Crippen LogP contribution in [-0.2, 0) is 14.3 Å². The smallest absolute Gasteiger partial charge is 0.320 e. The van der Waals surface area contributed by atoms with Crippen molar-refractivity contribution >= 4 is 11.9 Å². The second-order valence-electron chi connectivity index (χ2n) is 4.13. The number of rotatable bonds is 5. The first-order valence-corrected chi connectivity index (χ1v) is 5.36. The number of aliphatic hydroxyl groups is 2. The van der Waals surface area contributed by atoms with Crippen molar-refractivity contribution in [1.29, 1.82) is 0 Å². The second-order valence-corrected chi connectivity index (χ2v) is 4.13. The average molecular weight is 247 g/mol. The molecule has 1 aliphatic rings. The summed E-state index contributed by atoms with van der Waals surface area (Å²) in [5, 5.41) is 30.0. The Kier molecular flexibility index (Phi) is 4.86. The zero-order valence-corrected chi connectivity index (χ0v) is 9.50. The van der Waals surface area contributed by atoms with Gasteiger partial charge in [0.25, 0.3) is 0 Å². The Bertz CT molecular complexity index is 295. The molecular weight excluding hydrogens is 230 g/mol. The summed E-state index contributed by atoms with van der Waals surface area (Å²) < 4.78 is 4.81. The van der Waals surface area contributed by atoms with Crippen molar-refractivity contribution in [2.45, 2.75) is 31.5 Å². The van der Waals surface area contributed by atoms with Crippen LogP contribution in [-0.4, -0.2) is 58.7 Å². The standard InChI is InChI=1S/C10H17NO6/c1-5(13)17-4-6-2-7(10(15)16)11-9(6)8(14)3-12/h6-9,11-12,14H,2-4H2,1H3,(H,15,16). The summed E-state index contributed by atoms with van der Waals surface area (Å²) in [7, 11) is 0. The van der Waals surface area contributed by atoms with Gasteiger partial charge < -0.3 is 20.1 Å². The number of aliphatic hydroxyl groups excluding tert-OH is 2. The van der Waals surface area contributed by atoms with Gasteiger partial charge in [0.15, 0.2) is 0 Å². The topological polar surface area (TPSA) is 116 Å². The third-order valence-corrected chi connectivity index (χ3v) is 2.84. The summed E-state index contributed by atoms with van der Waals surface area (Å²) in [6.07, 6.45) is -0.815. The van der Waals surface area contributed by atoms with Crippen molar-refractivity contribution in [3.8, 4) is 0 Å². The predicted octanol–water partition coefficient (Wildman–Crippen LogP) is -1.67. The lowest BCUT2D eigenvalue weighted by atomic mass is 9.96. The van der Waals surface area contributed by atoms with Crippen molar-refractivity contribution in [2.75, 3.05) is 13.2 Å². The monoisotopic (exact) mass is 247 g/mol. The number of nitrogens with one attached hydrogen (secondary N) is 1. The molecule has 0 aromatic carbocycles. The Morgan fingerprint density at radius 2 is 2.18 bits per heavy atom. The fourth-order valence-electron chi connectivity index (χ4n) is 1.99. The van der Waals surface area contributed by atoms with Gasteiger partial charge in [-0.3, -0.25) is 14.9 Å². The van der Waals surface area contributed by atoms with Crippen molar-refractivity contribution in [3.63, 3.8) is 0 Å². The van der Waals surface area contributed by atoms with Crippen molar-refractivity contribution in [1.82, 2.24) is 5.32 Å².